The quantitative estimate of drug-likeness (QED) is 0.544. The fourth-order valence-corrected chi connectivity index (χ4v) is 2.28. The summed E-state index contributed by atoms with van der Waals surface area (Å²) >= 11 is 6.55. The van der Waals surface area contributed by atoms with Gasteiger partial charge in [-0.1, -0.05) is 31.9 Å². The Kier molecular flexibility index (Phi) is 4.11. The molecule has 0 saturated carbocycles. The highest BCUT2D eigenvalue weighted by molar-refractivity contribution is 9.10. The Labute approximate surface area is 126 Å². The molecule has 0 atom stereocenters. The van der Waals surface area contributed by atoms with Crippen molar-refractivity contribution >= 4 is 49.1 Å². The van der Waals surface area contributed by atoms with E-state index in [2.05, 4.69) is 37.2 Å². The van der Waals surface area contributed by atoms with Crippen LogP contribution in [-0.2, 0) is 0 Å². The van der Waals surface area contributed by atoms with Crippen LogP contribution in [0.1, 0.15) is 10.4 Å². The molecule has 1 amide bonds. The van der Waals surface area contributed by atoms with Gasteiger partial charge in [0.2, 0.25) is 0 Å². The predicted molar refractivity (Wildman–Crippen MR) is 82.3 cm³/mol. The number of amides is 1. The van der Waals surface area contributed by atoms with Gasteiger partial charge in [0.1, 0.15) is 5.75 Å². The number of hydrogen-bond donors (Lipinski definition) is 3. The van der Waals surface area contributed by atoms with E-state index in [9.17, 15) is 9.90 Å². The molecular weight excluding hydrogens is 376 g/mol. The van der Waals surface area contributed by atoms with E-state index in [0.717, 1.165) is 8.95 Å². The van der Waals surface area contributed by atoms with Gasteiger partial charge >= 0.3 is 0 Å². The van der Waals surface area contributed by atoms with Crippen LogP contribution in [0.25, 0.3) is 0 Å². The number of nitrogens with one attached hydrogen (secondary N) is 1. The van der Waals surface area contributed by atoms with Gasteiger partial charge in [0, 0.05) is 14.6 Å². The normalized spacial score (nSPS) is 10.2. The zero-order valence-electron chi connectivity index (χ0n) is 9.65. The molecule has 0 aromatic heterocycles. The van der Waals surface area contributed by atoms with Gasteiger partial charge in [-0.3, -0.25) is 4.79 Å². The lowest BCUT2D eigenvalue weighted by molar-refractivity contribution is 0.102. The second-order valence-corrected chi connectivity index (χ2v) is 5.68. The highest BCUT2D eigenvalue weighted by Crippen LogP contribution is 2.28. The molecule has 6 heteroatoms. The molecule has 0 fully saturated rings. The maximum atomic E-state index is 12.1. The Morgan fingerprint density at radius 1 is 1.11 bits per heavy atom. The molecule has 0 spiro atoms. The van der Waals surface area contributed by atoms with Crippen LogP contribution < -0.4 is 11.1 Å². The lowest BCUT2D eigenvalue weighted by Gasteiger charge is -2.09. The average molecular weight is 386 g/mol. The van der Waals surface area contributed by atoms with Gasteiger partial charge < -0.3 is 16.2 Å². The van der Waals surface area contributed by atoms with Crippen LogP contribution in [0.15, 0.2) is 45.3 Å². The van der Waals surface area contributed by atoms with Crippen molar-refractivity contribution in [3.05, 3.63) is 50.9 Å². The maximum Gasteiger partial charge on any atom is 0.257 e. The van der Waals surface area contributed by atoms with Crippen molar-refractivity contribution in [2.75, 3.05) is 11.1 Å². The van der Waals surface area contributed by atoms with Gasteiger partial charge in [0.15, 0.2) is 0 Å². The lowest BCUT2D eigenvalue weighted by Crippen LogP contribution is -2.14. The zero-order chi connectivity index (χ0) is 14.0. The van der Waals surface area contributed by atoms with Crippen LogP contribution in [0.3, 0.4) is 0 Å². The van der Waals surface area contributed by atoms with Gasteiger partial charge in [-0.15, -0.1) is 0 Å². The van der Waals surface area contributed by atoms with Crippen molar-refractivity contribution in [2.24, 2.45) is 0 Å². The number of phenols is 1. The minimum atomic E-state index is -0.376. The third kappa shape index (κ3) is 3.27. The Hall–Kier alpha value is -1.53. The highest BCUT2D eigenvalue weighted by atomic mass is 79.9. The first-order chi connectivity index (χ1) is 8.97. The second kappa shape index (κ2) is 5.63. The van der Waals surface area contributed by atoms with Crippen LogP contribution in [-0.4, -0.2) is 11.0 Å². The summed E-state index contributed by atoms with van der Waals surface area (Å²) in [6.07, 6.45) is 0. The number of carbonyl (C=O) groups is 1. The largest absolute Gasteiger partial charge is 0.506 e. The summed E-state index contributed by atoms with van der Waals surface area (Å²) in [6.45, 7) is 0. The van der Waals surface area contributed by atoms with E-state index in [4.69, 9.17) is 5.73 Å². The molecule has 0 unspecified atom stereocenters. The predicted octanol–water partition coefficient (Wildman–Crippen LogP) is 3.75. The van der Waals surface area contributed by atoms with Gasteiger partial charge in [-0.05, 0) is 36.4 Å². The SMILES string of the molecule is Nc1cc(Br)ccc1C(=O)Nc1cc(Br)ccc1O. The highest BCUT2D eigenvalue weighted by Gasteiger charge is 2.12. The first kappa shape index (κ1) is 13.9. The number of benzene rings is 2. The summed E-state index contributed by atoms with van der Waals surface area (Å²) in [5.74, 6) is -0.384. The van der Waals surface area contributed by atoms with Crippen molar-refractivity contribution < 1.29 is 9.90 Å². The van der Waals surface area contributed by atoms with E-state index in [1.165, 1.54) is 6.07 Å². The second-order valence-electron chi connectivity index (χ2n) is 3.85. The molecular formula is C13H10Br2N2O2. The monoisotopic (exact) mass is 384 g/mol. The third-order valence-corrected chi connectivity index (χ3v) is 3.45. The standard InChI is InChI=1S/C13H10Br2N2O2/c14-7-1-3-9(10(16)5-7)13(19)17-11-6-8(15)2-4-12(11)18/h1-6,18H,16H2,(H,17,19). The van der Waals surface area contributed by atoms with Crippen molar-refractivity contribution in [2.45, 2.75) is 0 Å². The molecule has 0 bridgehead atoms. The summed E-state index contributed by atoms with van der Waals surface area (Å²) in [6, 6.07) is 9.78. The number of phenolic OH excluding ortho intramolecular Hbond substituents is 1. The number of nitrogen functional groups attached to an aromatic ring is 1. The summed E-state index contributed by atoms with van der Waals surface area (Å²) in [5.41, 5.74) is 6.81. The Morgan fingerprint density at radius 2 is 1.74 bits per heavy atom. The summed E-state index contributed by atoms with van der Waals surface area (Å²) in [4.78, 5) is 12.1. The Balaban J connectivity index is 2.28. The third-order valence-electron chi connectivity index (χ3n) is 2.47. The van der Waals surface area contributed by atoms with Gasteiger partial charge in [0.25, 0.3) is 5.91 Å². The molecule has 98 valence electrons. The molecule has 0 aliphatic rings. The van der Waals surface area contributed by atoms with Crippen LogP contribution in [0.2, 0.25) is 0 Å². The van der Waals surface area contributed by atoms with Crippen molar-refractivity contribution in [1.82, 2.24) is 0 Å². The molecule has 0 radical (unpaired) electrons. The number of halogens is 2. The molecule has 0 heterocycles. The zero-order valence-corrected chi connectivity index (χ0v) is 12.8. The van der Waals surface area contributed by atoms with E-state index < -0.39 is 0 Å². The van der Waals surface area contributed by atoms with E-state index in [1.54, 1.807) is 30.3 Å². The molecule has 2 aromatic carbocycles. The van der Waals surface area contributed by atoms with Gasteiger partial charge in [-0.25, -0.2) is 0 Å². The minimum absolute atomic E-state index is 0.00719. The number of rotatable bonds is 2. The topological polar surface area (TPSA) is 75.4 Å². The lowest BCUT2D eigenvalue weighted by atomic mass is 10.1. The molecule has 2 rings (SSSR count). The average Bonchev–Trinajstić information content (AvgIpc) is 2.33. The molecule has 19 heavy (non-hydrogen) atoms. The molecule has 0 aliphatic carbocycles. The Bertz CT molecular complexity index is 645. The van der Waals surface area contributed by atoms with Crippen LogP contribution in [0.4, 0.5) is 11.4 Å². The first-order valence-corrected chi connectivity index (χ1v) is 6.91. The summed E-state index contributed by atoms with van der Waals surface area (Å²) in [5, 5.41) is 12.3. The Morgan fingerprint density at radius 3 is 2.42 bits per heavy atom. The van der Waals surface area contributed by atoms with Gasteiger partial charge in [0.05, 0.1) is 11.3 Å². The maximum absolute atomic E-state index is 12.1. The number of aromatic hydroxyl groups is 1. The summed E-state index contributed by atoms with van der Waals surface area (Å²) < 4.78 is 1.55. The fourth-order valence-electron chi connectivity index (χ4n) is 1.54. The molecule has 0 aliphatic heterocycles. The molecule has 0 saturated heterocycles. The van der Waals surface area contributed by atoms with Crippen molar-refractivity contribution in [1.29, 1.82) is 0 Å². The molecule has 2 aromatic rings. The summed E-state index contributed by atoms with van der Waals surface area (Å²) in [7, 11) is 0. The number of hydrogen-bond acceptors (Lipinski definition) is 3. The van der Waals surface area contributed by atoms with Crippen molar-refractivity contribution in [3.63, 3.8) is 0 Å². The molecule has 4 nitrogen and oxygen atoms in total. The van der Waals surface area contributed by atoms with E-state index in [-0.39, 0.29) is 11.7 Å². The fraction of sp³-hybridized carbons (Fsp3) is 0. The van der Waals surface area contributed by atoms with E-state index in [0.29, 0.717) is 16.9 Å². The van der Waals surface area contributed by atoms with Crippen LogP contribution >= 0.6 is 31.9 Å². The van der Waals surface area contributed by atoms with Crippen molar-refractivity contribution in [3.8, 4) is 5.75 Å². The first-order valence-electron chi connectivity index (χ1n) is 5.32. The smallest absolute Gasteiger partial charge is 0.257 e. The van der Waals surface area contributed by atoms with Crippen LogP contribution in [0, 0.1) is 0 Å². The number of carbonyl (C=O) groups excluding carboxylic acids is 1. The number of nitrogens with two attached hydrogens (primary N) is 1. The molecule has 4 N–H and O–H groups in total. The van der Waals surface area contributed by atoms with E-state index in [1.807, 2.05) is 0 Å². The minimum Gasteiger partial charge on any atom is -0.506 e. The van der Waals surface area contributed by atoms with Gasteiger partial charge in [-0.2, -0.15) is 0 Å². The van der Waals surface area contributed by atoms with E-state index >= 15 is 0 Å². The van der Waals surface area contributed by atoms with Crippen LogP contribution in [0.5, 0.6) is 5.75 Å². The number of anilines is 2.